The van der Waals surface area contributed by atoms with Crippen LogP contribution in [0.3, 0.4) is 0 Å². The molecular formula is C16H18N2O3. The molecule has 2 N–H and O–H groups in total. The molecule has 0 aliphatic heterocycles. The summed E-state index contributed by atoms with van der Waals surface area (Å²) in [4.78, 5) is 23.1. The van der Waals surface area contributed by atoms with Gasteiger partial charge in [-0.05, 0) is 29.7 Å². The van der Waals surface area contributed by atoms with Crippen molar-refractivity contribution in [1.29, 1.82) is 0 Å². The number of carboxylic acids is 1. The molecule has 0 fully saturated rings. The Kier molecular flexibility index (Phi) is 4.42. The van der Waals surface area contributed by atoms with Gasteiger partial charge in [-0.1, -0.05) is 32.0 Å². The lowest BCUT2D eigenvalue weighted by atomic mass is 10.0. The van der Waals surface area contributed by atoms with Gasteiger partial charge in [-0.25, -0.2) is 0 Å². The number of nitrogens with one attached hydrogen (secondary N) is 1. The van der Waals surface area contributed by atoms with Gasteiger partial charge >= 0.3 is 5.97 Å². The molecule has 1 aromatic carbocycles. The van der Waals surface area contributed by atoms with Crippen molar-refractivity contribution >= 4 is 17.6 Å². The second kappa shape index (κ2) is 6.26. The summed E-state index contributed by atoms with van der Waals surface area (Å²) in [6, 6.07) is 10.9. The van der Waals surface area contributed by atoms with Gasteiger partial charge in [0.05, 0.1) is 0 Å². The van der Waals surface area contributed by atoms with Crippen LogP contribution in [0.2, 0.25) is 0 Å². The predicted molar refractivity (Wildman–Crippen MR) is 80.6 cm³/mol. The first-order chi connectivity index (χ1) is 9.99. The highest BCUT2D eigenvalue weighted by Gasteiger charge is 2.15. The molecule has 0 atom stereocenters. The number of rotatable bonds is 5. The summed E-state index contributed by atoms with van der Waals surface area (Å²) in [6.45, 7) is 3.87. The SMILES string of the molecule is CC(C)c1ccccc1NC(=O)c1cccn1CC(=O)O. The van der Waals surface area contributed by atoms with Gasteiger partial charge in [0.25, 0.3) is 5.91 Å². The highest BCUT2D eigenvalue weighted by atomic mass is 16.4. The fourth-order valence-corrected chi connectivity index (χ4v) is 2.20. The maximum absolute atomic E-state index is 12.3. The Balaban J connectivity index is 2.23. The summed E-state index contributed by atoms with van der Waals surface area (Å²) in [5.41, 5.74) is 2.12. The number of carbonyl (C=O) groups is 2. The van der Waals surface area contributed by atoms with E-state index in [1.54, 1.807) is 18.3 Å². The first kappa shape index (κ1) is 14.8. The fourth-order valence-electron chi connectivity index (χ4n) is 2.20. The Hall–Kier alpha value is -2.56. The molecule has 0 aliphatic rings. The third kappa shape index (κ3) is 3.51. The first-order valence-electron chi connectivity index (χ1n) is 6.76. The van der Waals surface area contributed by atoms with Gasteiger partial charge in [-0.2, -0.15) is 0 Å². The van der Waals surface area contributed by atoms with Crippen molar-refractivity contribution < 1.29 is 14.7 Å². The minimum Gasteiger partial charge on any atom is -0.480 e. The number of amides is 1. The molecule has 1 amide bonds. The minimum absolute atomic E-state index is 0.235. The van der Waals surface area contributed by atoms with Crippen LogP contribution in [0.1, 0.15) is 35.8 Å². The number of carboxylic acid groups (broad SMARTS) is 1. The van der Waals surface area contributed by atoms with Crippen LogP contribution in [0.5, 0.6) is 0 Å². The van der Waals surface area contributed by atoms with Gasteiger partial charge < -0.3 is 15.0 Å². The Morgan fingerprint density at radius 3 is 2.57 bits per heavy atom. The average Bonchev–Trinajstić information content (AvgIpc) is 2.86. The lowest BCUT2D eigenvalue weighted by Gasteiger charge is -2.14. The van der Waals surface area contributed by atoms with Crippen molar-refractivity contribution in [3.05, 3.63) is 53.9 Å². The highest BCUT2D eigenvalue weighted by Crippen LogP contribution is 2.24. The molecule has 0 spiro atoms. The van der Waals surface area contributed by atoms with Crippen molar-refractivity contribution in [2.45, 2.75) is 26.3 Å². The Bertz CT molecular complexity index is 659. The molecule has 21 heavy (non-hydrogen) atoms. The van der Waals surface area contributed by atoms with Crippen LogP contribution < -0.4 is 5.32 Å². The normalized spacial score (nSPS) is 10.6. The van der Waals surface area contributed by atoms with Gasteiger partial charge in [0.1, 0.15) is 12.2 Å². The van der Waals surface area contributed by atoms with Crippen molar-refractivity contribution in [3.8, 4) is 0 Å². The topological polar surface area (TPSA) is 71.3 Å². The van der Waals surface area contributed by atoms with E-state index in [1.165, 1.54) is 4.57 Å². The van der Waals surface area contributed by atoms with E-state index in [-0.39, 0.29) is 18.4 Å². The summed E-state index contributed by atoms with van der Waals surface area (Å²) in [5.74, 6) is -1.01. The van der Waals surface area contributed by atoms with E-state index in [2.05, 4.69) is 19.2 Å². The van der Waals surface area contributed by atoms with Crippen molar-refractivity contribution in [3.63, 3.8) is 0 Å². The van der Waals surface area contributed by atoms with Crippen LogP contribution in [-0.4, -0.2) is 21.6 Å². The number of hydrogen-bond acceptors (Lipinski definition) is 2. The van der Waals surface area contributed by atoms with Gasteiger partial charge in [0.15, 0.2) is 0 Å². The van der Waals surface area contributed by atoms with Crippen LogP contribution in [0.4, 0.5) is 5.69 Å². The van der Waals surface area contributed by atoms with Gasteiger partial charge in [0, 0.05) is 11.9 Å². The zero-order valence-corrected chi connectivity index (χ0v) is 12.0. The van der Waals surface area contributed by atoms with Crippen LogP contribution in [0, 0.1) is 0 Å². The number of carbonyl (C=O) groups excluding carboxylic acids is 1. The lowest BCUT2D eigenvalue weighted by molar-refractivity contribution is -0.137. The molecule has 0 saturated carbocycles. The number of benzene rings is 1. The van der Waals surface area contributed by atoms with Crippen molar-refractivity contribution in [1.82, 2.24) is 4.57 Å². The van der Waals surface area contributed by atoms with Gasteiger partial charge in [-0.15, -0.1) is 0 Å². The molecule has 2 rings (SSSR count). The lowest BCUT2D eigenvalue weighted by Crippen LogP contribution is -2.20. The number of aromatic nitrogens is 1. The Morgan fingerprint density at radius 1 is 1.19 bits per heavy atom. The maximum atomic E-state index is 12.3. The second-order valence-corrected chi connectivity index (χ2v) is 5.11. The smallest absolute Gasteiger partial charge is 0.323 e. The van der Waals surface area contributed by atoms with Crippen molar-refractivity contribution in [2.24, 2.45) is 0 Å². The summed E-state index contributed by atoms with van der Waals surface area (Å²) < 4.78 is 1.41. The van der Waals surface area contributed by atoms with E-state index >= 15 is 0 Å². The quantitative estimate of drug-likeness (QED) is 0.887. The van der Waals surface area contributed by atoms with Gasteiger partial charge in [0.2, 0.25) is 0 Å². The van der Waals surface area contributed by atoms with E-state index in [4.69, 9.17) is 5.11 Å². The summed E-state index contributed by atoms with van der Waals surface area (Å²) in [7, 11) is 0. The zero-order valence-electron chi connectivity index (χ0n) is 12.0. The molecule has 1 aromatic heterocycles. The molecule has 0 unspecified atom stereocenters. The minimum atomic E-state index is -0.983. The molecule has 0 aliphatic carbocycles. The van der Waals surface area contributed by atoms with Crippen LogP contribution in [-0.2, 0) is 11.3 Å². The third-order valence-electron chi connectivity index (χ3n) is 3.20. The number of anilines is 1. The number of hydrogen-bond donors (Lipinski definition) is 2. The highest BCUT2D eigenvalue weighted by molar-refractivity contribution is 6.03. The van der Waals surface area contributed by atoms with E-state index in [0.29, 0.717) is 5.69 Å². The first-order valence-corrected chi connectivity index (χ1v) is 6.76. The van der Waals surface area contributed by atoms with Crippen LogP contribution in [0.25, 0.3) is 0 Å². The largest absolute Gasteiger partial charge is 0.480 e. The fraction of sp³-hybridized carbons (Fsp3) is 0.250. The molecule has 2 aromatic rings. The Morgan fingerprint density at radius 2 is 1.90 bits per heavy atom. The number of aliphatic carboxylic acids is 1. The van der Waals surface area contributed by atoms with Crippen molar-refractivity contribution in [2.75, 3.05) is 5.32 Å². The second-order valence-electron chi connectivity index (χ2n) is 5.11. The molecule has 0 radical (unpaired) electrons. The maximum Gasteiger partial charge on any atom is 0.323 e. The van der Waals surface area contributed by atoms with E-state index in [0.717, 1.165) is 11.3 Å². The van der Waals surface area contributed by atoms with E-state index < -0.39 is 5.97 Å². The average molecular weight is 286 g/mol. The molecule has 110 valence electrons. The standard InChI is InChI=1S/C16H18N2O3/c1-11(2)12-6-3-4-7-13(12)17-16(21)14-8-5-9-18(14)10-15(19)20/h3-9,11H,10H2,1-2H3,(H,17,21)(H,19,20). The molecular weight excluding hydrogens is 268 g/mol. The molecule has 1 heterocycles. The molecule has 5 nitrogen and oxygen atoms in total. The monoisotopic (exact) mass is 286 g/mol. The molecule has 5 heteroatoms. The van der Waals surface area contributed by atoms with Gasteiger partial charge in [-0.3, -0.25) is 9.59 Å². The third-order valence-corrected chi connectivity index (χ3v) is 3.20. The predicted octanol–water partition coefficient (Wildman–Crippen LogP) is 2.95. The Labute approximate surface area is 123 Å². The zero-order chi connectivity index (χ0) is 15.4. The molecule has 0 saturated heterocycles. The number of para-hydroxylation sites is 1. The van der Waals surface area contributed by atoms with E-state index in [1.807, 2.05) is 24.3 Å². The summed E-state index contributed by atoms with van der Waals surface area (Å²) in [6.07, 6.45) is 1.58. The van der Waals surface area contributed by atoms with Crippen LogP contribution >= 0.6 is 0 Å². The molecule has 0 bridgehead atoms. The summed E-state index contributed by atoms with van der Waals surface area (Å²) in [5, 5.41) is 11.7. The van der Waals surface area contributed by atoms with Crippen LogP contribution in [0.15, 0.2) is 42.6 Å². The van der Waals surface area contributed by atoms with E-state index in [9.17, 15) is 9.59 Å². The summed E-state index contributed by atoms with van der Waals surface area (Å²) >= 11 is 0. The number of nitrogens with zero attached hydrogens (tertiary/aromatic N) is 1.